The van der Waals surface area contributed by atoms with Gasteiger partial charge in [-0.05, 0) is 36.2 Å². The van der Waals surface area contributed by atoms with Gasteiger partial charge in [-0.1, -0.05) is 17.7 Å². The lowest BCUT2D eigenvalue weighted by molar-refractivity contribution is 0.359. The second-order valence-electron chi connectivity index (χ2n) is 3.41. The van der Waals surface area contributed by atoms with E-state index in [1.54, 1.807) is 12.1 Å². The molecule has 0 aliphatic carbocycles. The lowest BCUT2D eigenvalue weighted by Gasteiger charge is -2.07. The Bertz CT molecular complexity index is 578. The van der Waals surface area contributed by atoms with Crippen LogP contribution in [0.4, 0.5) is 0 Å². The summed E-state index contributed by atoms with van der Waals surface area (Å²) in [4.78, 5) is 11.5. The topological polar surface area (TPSA) is 57.1 Å². The van der Waals surface area contributed by atoms with Gasteiger partial charge in [-0.2, -0.15) is 9.97 Å². The quantitative estimate of drug-likeness (QED) is 0.866. The summed E-state index contributed by atoms with van der Waals surface area (Å²) in [5.41, 5.74) is 1.03. The molecule has 0 aliphatic rings. The first-order valence-electron chi connectivity index (χ1n) is 4.98. The summed E-state index contributed by atoms with van der Waals surface area (Å²) < 4.78 is 10.3. The summed E-state index contributed by atoms with van der Waals surface area (Å²) in [5, 5.41) is 0.450. The predicted molar refractivity (Wildman–Crippen MR) is 67.7 cm³/mol. The van der Waals surface area contributed by atoms with Crippen LogP contribution in [0.1, 0.15) is 5.56 Å². The Labute approximate surface area is 114 Å². The monoisotopic (exact) mass is 285 g/mol. The molecule has 0 N–H and O–H groups in total. The van der Waals surface area contributed by atoms with Crippen LogP contribution < -0.4 is 9.47 Å². The number of ether oxygens (including phenoxy) is 2. The van der Waals surface area contributed by atoms with Crippen LogP contribution >= 0.6 is 23.2 Å². The zero-order chi connectivity index (χ0) is 13.1. The second-order valence-corrected chi connectivity index (χ2v) is 4.15. The van der Waals surface area contributed by atoms with Gasteiger partial charge in [-0.25, -0.2) is 0 Å². The molecule has 0 spiro atoms. The van der Waals surface area contributed by atoms with Gasteiger partial charge in [0.25, 0.3) is 0 Å². The highest BCUT2D eigenvalue weighted by molar-refractivity contribution is 6.32. The van der Waals surface area contributed by atoms with Crippen molar-refractivity contribution in [1.29, 1.82) is 0 Å². The molecule has 1 aromatic carbocycles. The minimum atomic E-state index is -0.0138. The third-order valence-electron chi connectivity index (χ3n) is 2.04. The highest BCUT2D eigenvalue weighted by atomic mass is 35.5. The number of aromatic nitrogens is 3. The van der Waals surface area contributed by atoms with Crippen LogP contribution in [0.3, 0.4) is 0 Å². The Kier molecular flexibility index (Phi) is 3.84. The van der Waals surface area contributed by atoms with E-state index in [9.17, 15) is 0 Å². The molecule has 18 heavy (non-hydrogen) atoms. The van der Waals surface area contributed by atoms with E-state index in [0.29, 0.717) is 10.8 Å². The smallest absolute Gasteiger partial charge is 0.329 e. The molecular formula is C11H9Cl2N3O2. The summed E-state index contributed by atoms with van der Waals surface area (Å²) in [6.07, 6.45) is 0. The van der Waals surface area contributed by atoms with Crippen molar-refractivity contribution < 1.29 is 9.47 Å². The van der Waals surface area contributed by atoms with Crippen LogP contribution in [-0.4, -0.2) is 22.1 Å². The van der Waals surface area contributed by atoms with Gasteiger partial charge >= 0.3 is 12.0 Å². The Hall–Kier alpha value is -1.59. The van der Waals surface area contributed by atoms with Crippen LogP contribution in [0, 0.1) is 6.92 Å². The molecule has 5 nitrogen and oxygen atoms in total. The molecule has 0 amide bonds. The zero-order valence-corrected chi connectivity index (χ0v) is 11.2. The average Bonchev–Trinajstić information content (AvgIpc) is 2.32. The fraction of sp³-hybridized carbons (Fsp3) is 0.182. The molecule has 0 saturated heterocycles. The molecule has 94 valence electrons. The van der Waals surface area contributed by atoms with Crippen molar-refractivity contribution in [2.45, 2.75) is 6.92 Å². The minimum Gasteiger partial charge on any atom is -0.467 e. The number of hydrogen-bond acceptors (Lipinski definition) is 5. The van der Waals surface area contributed by atoms with Crippen molar-refractivity contribution in [3.05, 3.63) is 34.1 Å². The van der Waals surface area contributed by atoms with E-state index in [-0.39, 0.29) is 17.3 Å². The predicted octanol–water partition coefficient (Wildman–Crippen LogP) is 3.29. The van der Waals surface area contributed by atoms with Crippen LogP contribution in [0.25, 0.3) is 0 Å². The van der Waals surface area contributed by atoms with Crippen molar-refractivity contribution in [3.63, 3.8) is 0 Å². The van der Waals surface area contributed by atoms with Gasteiger partial charge in [0.2, 0.25) is 5.28 Å². The number of hydrogen-bond donors (Lipinski definition) is 0. The molecule has 2 rings (SSSR count). The van der Waals surface area contributed by atoms with E-state index in [4.69, 9.17) is 32.7 Å². The first-order valence-corrected chi connectivity index (χ1v) is 5.73. The third-order valence-corrected chi connectivity index (χ3v) is 2.50. The van der Waals surface area contributed by atoms with Gasteiger partial charge in [-0.15, -0.1) is 4.98 Å². The number of benzene rings is 1. The zero-order valence-electron chi connectivity index (χ0n) is 9.65. The summed E-state index contributed by atoms with van der Waals surface area (Å²) in [5.74, 6) is 0.437. The van der Waals surface area contributed by atoms with Gasteiger partial charge in [0.15, 0.2) is 0 Å². The first kappa shape index (κ1) is 12.9. The van der Waals surface area contributed by atoms with Gasteiger partial charge in [0.05, 0.1) is 12.1 Å². The van der Waals surface area contributed by atoms with E-state index >= 15 is 0 Å². The summed E-state index contributed by atoms with van der Waals surface area (Å²) in [7, 11) is 1.42. The summed E-state index contributed by atoms with van der Waals surface area (Å²) >= 11 is 11.7. The molecule has 0 bridgehead atoms. The lowest BCUT2D eigenvalue weighted by Crippen LogP contribution is -1.98. The summed E-state index contributed by atoms with van der Waals surface area (Å²) in [6.45, 7) is 1.93. The number of methoxy groups -OCH3 is 1. The Balaban J connectivity index is 2.30. The molecule has 7 heteroatoms. The average molecular weight is 286 g/mol. The molecular weight excluding hydrogens is 277 g/mol. The van der Waals surface area contributed by atoms with Gasteiger partial charge in [0.1, 0.15) is 5.75 Å². The molecule has 0 radical (unpaired) electrons. The van der Waals surface area contributed by atoms with Crippen LogP contribution in [0.15, 0.2) is 18.2 Å². The van der Waals surface area contributed by atoms with Crippen molar-refractivity contribution in [3.8, 4) is 17.8 Å². The standard InChI is InChI=1S/C11H9Cl2N3O2/c1-6-3-4-8(7(12)5-6)18-11-15-9(13)14-10(16-11)17-2/h3-5H,1-2H3. The maximum Gasteiger partial charge on any atom is 0.329 e. The maximum absolute atomic E-state index is 6.03. The van der Waals surface area contributed by atoms with Gasteiger partial charge in [-0.3, -0.25) is 0 Å². The Morgan fingerprint density at radius 2 is 1.78 bits per heavy atom. The summed E-state index contributed by atoms with van der Waals surface area (Å²) in [6, 6.07) is 5.46. The fourth-order valence-electron chi connectivity index (χ4n) is 1.24. The molecule has 2 aromatic rings. The second kappa shape index (κ2) is 5.37. The molecule has 0 unspecified atom stereocenters. The van der Waals surface area contributed by atoms with Crippen LogP contribution in [0.2, 0.25) is 10.3 Å². The molecule has 0 saturated carbocycles. The van der Waals surface area contributed by atoms with Crippen molar-refractivity contribution in [2.75, 3.05) is 7.11 Å². The van der Waals surface area contributed by atoms with E-state index in [0.717, 1.165) is 5.56 Å². The molecule has 0 fully saturated rings. The highest BCUT2D eigenvalue weighted by Crippen LogP contribution is 2.29. The largest absolute Gasteiger partial charge is 0.467 e. The fourth-order valence-corrected chi connectivity index (χ4v) is 1.66. The third kappa shape index (κ3) is 3.00. The normalized spacial score (nSPS) is 10.2. The van der Waals surface area contributed by atoms with Crippen LogP contribution in [0.5, 0.6) is 17.8 Å². The molecule has 1 aromatic heterocycles. The van der Waals surface area contributed by atoms with Gasteiger partial charge < -0.3 is 9.47 Å². The van der Waals surface area contributed by atoms with Crippen molar-refractivity contribution in [1.82, 2.24) is 15.0 Å². The minimum absolute atomic E-state index is 0.0138. The van der Waals surface area contributed by atoms with E-state index in [1.165, 1.54) is 7.11 Å². The SMILES string of the molecule is COc1nc(Cl)nc(Oc2ccc(C)cc2Cl)n1. The maximum atomic E-state index is 6.03. The lowest BCUT2D eigenvalue weighted by atomic mass is 10.2. The van der Waals surface area contributed by atoms with Gasteiger partial charge in [0, 0.05) is 0 Å². The Morgan fingerprint density at radius 3 is 2.44 bits per heavy atom. The van der Waals surface area contributed by atoms with E-state index in [2.05, 4.69) is 15.0 Å². The number of rotatable bonds is 3. The highest BCUT2D eigenvalue weighted by Gasteiger charge is 2.09. The van der Waals surface area contributed by atoms with Crippen LogP contribution in [-0.2, 0) is 0 Å². The number of aryl methyl sites for hydroxylation is 1. The first-order chi connectivity index (χ1) is 8.58. The number of halogens is 2. The molecule has 0 aliphatic heterocycles. The van der Waals surface area contributed by atoms with Crippen molar-refractivity contribution >= 4 is 23.2 Å². The molecule has 0 atom stereocenters. The van der Waals surface area contributed by atoms with E-state index < -0.39 is 0 Å². The van der Waals surface area contributed by atoms with E-state index in [1.807, 2.05) is 13.0 Å². The Morgan fingerprint density at radius 1 is 1.06 bits per heavy atom. The molecule has 1 heterocycles. The number of nitrogens with zero attached hydrogens (tertiary/aromatic N) is 3. The van der Waals surface area contributed by atoms with Crippen molar-refractivity contribution in [2.24, 2.45) is 0 Å².